The van der Waals surface area contributed by atoms with E-state index in [0.717, 1.165) is 6.07 Å². The fourth-order valence-electron chi connectivity index (χ4n) is 2.29. The Morgan fingerprint density at radius 3 is 2.46 bits per heavy atom. The first-order chi connectivity index (χ1) is 12.2. The van der Waals surface area contributed by atoms with Gasteiger partial charge in [0.1, 0.15) is 5.82 Å². The highest BCUT2D eigenvalue weighted by Crippen LogP contribution is 2.24. The molecular weight excluding hydrogens is 379 g/mol. The number of benzene rings is 2. The molecule has 8 heteroatoms. The van der Waals surface area contributed by atoms with Crippen LogP contribution in [0.4, 0.5) is 10.1 Å². The van der Waals surface area contributed by atoms with Crippen molar-refractivity contribution in [3.8, 4) is 0 Å². The predicted octanol–water partition coefficient (Wildman–Crippen LogP) is 3.81. The van der Waals surface area contributed by atoms with E-state index in [1.807, 2.05) is 0 Å². The first kappa shape index (κ1) is 20.1. The Hall–Kier alpha value is -2.22. The smallest absolute Gasteiger partial charge is 0.243 e. The molecule has 0 aliphatic rings. The Bertz CT molecular complexity index is 915. The third-order valence-electron chi connectivity index (χ3n) is 3.51. The van der Waals surface area contributed by atoms with E-state index in [4.69, 9.17) is 11.6 Å². The summed E-state index contributed by atoms with van der Waals surface area (Å²) >= 11 is 6.01. The lowest BCUT2D eigenvalue weighted by molar-refractivity contribution is -0.114. The number of amides is 1. The number of carbonyl (C=O) groups excluding carboxylic acids is 1. The van der Waals surface area contributed by atoms with Gasteiger partial charge in [-0.15, -0.1) is 6.58 Å². The molecule has 0 aliphatic carbocycles. The van der Waals surface area contributed by atoms with Crippen molar-refractivity contribution in [1.82, 2.24) is 4.31 Å². The first-order valence-electron chi connectivity index (χ1n) is 7.66. The standard InChI is InChI=1S/C18H18ClFN2O3S/c1-3-10-22(12-14-4-5-15(20)11-18(14)19)26(24,25)17-8-6-16(7-9-17)21-13(2)23/h3-9,11H,1,10,12H2,2H3,(H,21,23). The van der Waals surface area contributed by atoms with Crippen molar-refractivity contribution in [2.45, 2.75) is 18.4 Å². The largest absolute Gasteiger partial charge is 0.326 e. The minimum Gasteiger partial charge on any atom is -0.326 e. The number of hydrogen-bond acceptors (Lipinski definition) is 3. The molecule has 0 saturated heterocycles. The van der Waals surface area contributed by atoms with Crippen LogP contribution in [-0.4, -0.2) is 25.2 Å². The summed E-state index contributed by atoms with van der Waals surface area (Å²) in [4.78, 5) is 11.1. The molecule has 1 amide bonds. The van der Waals surface area contributed by atoms with Crippen LogP contribution in [0.1, 0.15) is 12.5 Å². The quantitative estimate of drug-likeness (QED) is 0.723. The van der Waals surface area contributed by atoms with Gasteiger partial charge in [0.25, 0.3) is 0 Å². The van der Waals surface area contributed by atoms with Gasteiger partial charge >= 0.3 is 0 Å². The maximum Gasteiger partial charge on any atom is 0.243 e. The second kappa shape index (κ2) is 8.44. The van der Waals surface area contributed by atoms with Crippen molar-refractivity contribution in [2.75, 3.05) is 11.9 Å². The van der Waals surface area contributed by atoms with Crippen LogP contribution >= 0.6 is 11.6 Å². The van der Waals surface area contributed by atoms with E-state index in [2.05, 4.69) is 11.9 Å². The summed E-state index contributed by atoms with van der Waals surface area (Å²) in [6, 6.07) is 9.63. The number of hydrogen-bond donors (Lipinski definition) is 1. The van der Waals surface area contributed by atoms with Crippen molar-refractivity contribution in [3.63, 3.8) is 0 Å². The van der Waals surface area contributed by atoms with Crippen molar-refractivity contribution in [3.05, 3.63) is 71.5 Å². The molecule has 0 radical (unpaired) electrons. The van der Waals surface area contributed by atoms with Gasteiger partial charge in [0.05, 0.1) is 4.90 Å². The zero-order chi connectivity index (χ0) is 19.3. The lowest BCUT2D eigenvalue weighted by Gasteiger charge is -2.21. The fraction of sp³-hybridized carbons (Fsp3) is 0.167. The minimum atomic E-state index is -3.84. The lowest BCUT2D eigenvalue weighted by atomic mass is 10.2. The van der Waals surface area contributed by atoms with Crippen LogP contribution < -0.4 is 5.32 Å². The maximum absolute atomic E-state index is 13.2. The molecule has 0 saturated carbocycles. The average molecular weight is 397 g/mol. The molecule has 0 atom stereocenters. The molecule has 0 heterocycles. The Morgan fingerprint density at radius 2 is 1.92 bits per heavy atom. The number of anilines is 1. The number of carbonyl (C=O) groups is 1. The second-order valence-corrected chi connectivity index (χ2v) is 7.87. The molecule has 138 valence electrons. The Kier molecular flexibility index (Phi) is 6.52. The van der Waals surface area contributed by atoms with Crippen LogP contribution in [0, 0.1) is 5.82 Å². The van der Waals surface area contributed by atoms with E-state index in [1.54, 1.807) is 0 Å². The monoisotopic (exact) mass is 396 g/mol. The zero-order valence-electron chi connectivity index (χ0n) is 14.1. The average Bonchev–Trinajstić information content (AvgIpc) is 2.56. The van der Waals surface area contributed by atoms with Gasteiger partial charge < -0.3 is 5.32 Å². The van der Waals surface area contributed by atoms with Gasteiger partial charge in [-0.05, 0) is 42.0 Å². The summed E-state index contributed by atoms with van der Waals surface area (Å²) < 4.78 is 40.2. The highest BCUT2D eigenvalue weighted by molar-refractivity contribution is 7.89. The molecule has 0 unspecified atom stereocenters. The Morgan fingerprint density at radius 1 is 1.27 bits per heavy atom. The molecule has 0 spiro atoms. The van der Waals surface area contributed by atoms with Crippen molar-refractivity contribution in [1.29, 1.82) is 0 Å². The molecular formula is C18H18ClFN2O3S. The number of nitrogens with zero attached hydrogens (tertiary/aromatic N) is 1. The number of nitrogens with one attached hydrogen (secondary N) is 1. The van der Waals surface area contributed by atoms with Crippen LogP contribution in [0.3, 0.4) is 0 Å². The number of rotatable bonds is 7. The summed E-state index contributed by atoms with van der Waals surface area (Å²) in [7, 11) is -3.84. The van der Waals surface area contributed by atoms with Crippen LogP contribution in [0.5, 0.6) is 0 Å². The lowest BCUT2D eigenvalue weighted by Crippen LogP contribution is -2.31. The summed E-state index contributed by atoms with van der Waals surface area (Å²) in [5.41, 5.74) is 0.974. The first-order valence-corrected chi connectivity index (χ1v) is 9.48. The third kappa shape index (κ3) is 4.91. The molecule has 0 fully saturated rings. The van der Waals surface area contributed by atoms with Gasteiger partial charge in [0.15, 0.2) is 0 Å². The summed E-state index contributed by atoms with van der Waals surface area (Å²) in [5, 5.41) is 2.72. The molecule has 2 aromatic rings. The minimum absolute atomic E-state index is 0.0269. The van der Waals surface area contributed by atoms with Gasteiger partial charge in [-0.2, -0.15) is 4.31 Å². The number of sulfonamides is 1. The molecule has 0 bridgehead atoms. The molecule has 0 aliphatic heterocycles. The van der Waals surface area contributed by atoms with Crippen LogP contribution in [0.2, 0.25) is 5.02 Å². The maximum atomic E-state index is 13.2. The molecule has 1 N–H and O–H groups in total. The summed E-state index contributed by atoms with van der Waals surface area (Å²) in [6.07, 6.45) is 1.46. The van der Waals surface area contributed by atoms with Gasteiger partial charge in [-0.25, -0.2) is 12.8 Å². The van der Waals surface area contributed by atoms with E-state index in [-0.39, 0.29) is 28.9 Å². The van der Waals surface area contributed by atoms with Gasteiger partial charge in [-0.3, -0.25) is 4.79 Å². The Balaban J connectivity index is 2.31. The van der Waals surface area contributed by atoms with Crippen molar-refractivity contribution >= 4 is 33.2 Å². The van der Waals surface area contributed by atoms with E-state index < -0.39 is 15.8 Å². The fourth-order valence-corrected chi connectivity index (χ4v) is 3.91. The van der Waals surface area contributed by atoms with Crippen LogP contribution in [0.15, 0.2) is 60.0 Å². The second-order valence-electron chi connectivity index (χ2n) is 5.53. The predicted molar refractivity (Wildman–Crippen MR) is 99.9 cm³/mol. The molecule has 2 rings (SSSR count). The van der Waals surface area contributed by atoms with E-state index in [0.29, 0.717) is 11.3 Å². The Labute approximate surface area is 157 Å². The zero-order valence-corrected chi connectivity index (χ0v) is 15.6. The topological polar surface area (TPSA) is 66.5 Å². The highest BCUT2D eigenvalue weighted by Gasteiger charge is 2.24. The SMILES string of the molecule is C=CCN(Cc1ccc(F)cc1Cl)S(=O)(=O)c1ccc(NC(C)=O)cc1. The molecule has 0 aromatic heterocycles. The van der Waals surface area contributed by atoms with Crippen LogP contribution in [-0.2, 0) is 21.4 Å². The van der Waals surface area contributed by atoms with Crippen molar-refractivity contribution < 1.29 is 17.6 Å². The van der Waals surface area contributed by atoms with Crippen molar-refractivity contribution in [2.24, 2.45) is 0 Å². The molecule has 26 heavy (non-hydrogen) atoms. The molecule has 5 nitrogen and oxygen atoms in total. The summed E-state index contributed by atoms with van der Waals surface area (Å²) in [5.74, 6) is -0.745. The normalized spacial score (nSPS) is 11.4. The van der Waals surface area contributed by atoms with E-state index in [1.165, 1.54) is 53.7 Å². The van der Waals surface area contributed by atoms with Gasteiger partial charge in [0.2, 0.25) is 15.9 Å². The third-order valence-corrected chi connectivity index (χ3v) is 5.68. The van der Waals surface area contributed by atoms with E-state index in [9.17, 15) is 17.6 Å². The van der Waals surface area contributed by atoms with E-state index >= 15 is 0 Å². The van der Waals surface area contributed by atoms with Crippen LogP contribution in [0.25, 0.3) is 0 Å². The molecule has 2 aromatic carbocycles. The highest BCUT2D eigenvalue weighted by atomic mass is 35.5. The number of halogens is 2. The van der Waals surface area contributed by atoms with Gasteiger partial charge in [0, 0.05) is 30.7 Å². The van der Waals surface area contributed by atoms with Gasteiger partial charge in [-0.1, -0.05) is 23.7 Å². The summed E-state index contributed by atoms with van der Waals surface area (Å²) in [6.45, 7) is 4.98.